The van der Waals surface area contributed by atoms with Gasteiger partial charge >= 0.3 is 0 Å². The summed E-state index contributed by atoms with van der Waals surface area (Å²) in [5, 5.41) is 6.56. The molecule has 0 spiro atoms. The maximum Gasteiger partial charge on any atom is 0.270 e. The van der Waals surface area contributed by atoms with Crippen molar-refractivity contribution in [2.45, 2.75) is 6.54 Å². The molecule has 130 valence electrons. The Morgan fingerprint density at radius 3 is 2.96 bits per heavy atom. The number of nitrogens with zero attached hydrogens (tertiary/aromatic N) is 3. The van der Waals surface area contributed by atoms with Crippen LogP contribution in [0.1, 0.15) is 15.5 Å². The van der Waals surface area contributed by atoms with Crippen molar-refractivity contribution >= 4 is 28.1 Å². The number of pyridine rings is 1. The van der Waals surface area contributed by atoms with E-state index in [1.165, 1.54) is 11.3 Å². The predicted molar refractivity (Wildman–Crippen MR) is 99.1 cm³/mol. The Hall–Kier alpha value is -2.51. The van der Waals surface area contributed by atoms with E-state index in [1.54, 1.807) is 11.6 Å². The molecule has 1 amide bonds. The molecule has 2 aromatic heterocycles. The lowest BCUT2D eigenvalue weighted by atomic mass is 10.2. The number of hydrogen-bond acceptors (Lipinski definition) is 6. The molecule has 7 heteroatoms. The van der Waals surface area contributed by atoms with Crippen LogP contribution in [0.2, 0.25) is 0 Å². The van der Waals surface area contributed by atoms with Gasteiger partial charge in [0, 0.05) is 23.5 Å². The van der Waals surface area contributed by atoms with Gasteiger partial charge in [0.1, 0.15) is 28.6 Å². The summed E-state index contributed by atoms with van der Waals surface area (Å²) in [5.41, 5.74) is 1.28. The first-order valence-electron chi connectivity index (χ1n) is 7.97. The van der Waals surface area contributed by atoms with Crippen molar-refractivity contribution in [1.29, 1.82) is 0 Å². The van der Waals surface area contributed by atoms with Crippen molar-refractivity contribution in [2.75, 3.05) is 27.2 Å². The summed E-state index contributed by atoms with van der Waals surface area (Å²) in [6.45, 7) is 1.51. The number of benzene rings is 1. The lowest BCUT2D eigenvalue weighted by Gasteiger charge is -2.09. The van der Waals surface area contributed by atoms with Gasteiger partial charge in [0.2, 0.25) is 0 Å². The number of thiazole rings is 1. The number of hydrogen-bond donors (Lipinski definition) is 1. The van der Waals surface area contributed by atoms with E-state index in [4.69, 9.17) is 4.74 Å². The van der Waals surface area contributed by atoms with Crippen molar-refractivity contribution < 1.29 is 9.53 Å². The topological polar surface area (TPSA) is 67.4 Å². The van der Waals surface area contributed by atoms with Crippen molar-refractivity contribution in [3.8, 4) is 5.75 Å². The number of ether oxygens (including phenoxy) is 1. The monoisotopic (exact) mass is 356 g/mol. The quantitative estimate of drug-likeness (QED) is 0.659. The molecule has 1 aromatic carbocycles. The molecule has 3 rings (SSSR count). The Morgan fingerprint density at radius 2 is 2.12 bits per heavy atom. The van der Waals surface area contributed by atoms with Crippen molar-refractivity contribution in [1.82, 2.24) is 20.2 Å². The summed E-state index contributed by atoms with van der Waals surface area (Å²) >= 11 is 1.49. The summed E-state index contributed by atoms with van der Waals surface area (Å²) < 4.78 is 5.76. The van der Waals surface area contributed by atoms with Gasteiger partial charge in [-0.05, 0) is 26.2 Å². The third kappa shape index (κ3) is 4.52. The maximum atomic E-state index is 12.1. The van der Waals surface area contributed by atoms with Crippen LogP contribution in [0.15, 0.2) is 41.9 Å². The van der Waals surface area contributed by atoms with Gasteiger partial charge < -0.3 is 15.0 Å². The number of para-hydroxylation sites is 1. The molecule has 0 aliphatic heterocycles. The molecule has 3 aromatic rings. The lowest BCUT2D eigenvalue weighted by Crippen LogP contribution is -2.28. The molecular weight excluding hydrogens is 336 g/mol. The van der Waals surface area contributed by atoms with Gasteiger partial charge in [-0.2, -0.15) is 0 Å². The van der Waals surface area contributed by atoms with Crippen LogP contribution < -0.4 is 10.1 Å². The molecule has 6 nitrogen and oxygen atoms in total. The fraction of sp³-hybridized carbons (Fsp3) is 0.278. The van der Waals surface area contributed by atoms with Crippen molar-refractivity contribution in [2.24, 2.45) is 0 Å². The maximum absolute atomic E-state index is 12.1. The normalized spacial score (nSPS) is 11.0. The van der Waals surface area contributed by atoms with Gasteiger partial charge in [-0.25, -0.2) is 4.98 Å². The highest BCUT2D eigenvalue weighted by Crippen LogP contribution is 2.22. The zero-order chi connectivity index (χ0) is 17.6. The average molecular weight is 356 g/mol. The van der Waals surface area contributed by atoms with E-state index >= 15 is 0 Å². The van der Waals surface area contributed by atoms with E-state index in [-0.39, 0.29) is 5.91 Å². The molecule has 0 radical (unpaired) electrons. The highest BCUT2D eigenvalue weighted by Gasteiger charge is 2.11. The van der Waals surface area contributed by atoms with Crippen LogP contribution in [0.3, 0.4) is 0 Å². The molecule has 0 saturated carbocycles. The number of carbonyl (C=O) groups is 1. The minimum atomic E-state index is -0.180. The van der Waals surface area contributed by atoms with E-state index < -0.39 is 0 Å². The molecule has 1 N–H and O–H groups in total. The second kappa shape index (κ2) is 8.04. The molecule has 0 fully saturated rings. The first-order chi connectivity index (χ1) is 12.1. The highest BCUT2D eigenvalue weighted by atomic mass is 32.1. The van der Waals surface area contributed by atoms with Crippen LogP contribution in [-0.4, -0.2) is 48.0 Å². The minimum absolute atomic E-state index is 0.180. The molecule has 0 aliphatic rings. The summed E-state index contributed by atoms with van der Waals surface area (Å²) in [7, 11) is 3.95. The van der Waals surface area contributed by atoms with Gasteiger partial charge in [0.05, 0.1) is 6.54 Å². The van der Waals surface area contributed by atoms with Crippen LogP contribution in [0.25, 0.3) is 10.9 Å². The summed E-state index contributed by atoms with van der Waals surface area (Å²) in [6.07, 6.45) is 1.74. The largest absolute Gasteiger partial charge is 0.489 e. The van der Waals surface area contributed by atoms with Crippen LogP contribution in [0.5, 0.6) is 5.75 Å². The SMILES string of the molecule is CN(C)Cc1nc(C(=O)NCCOc2cccc3cccnc23)cs1. The standard InChI is InChI=1S/C18H20N4O2S/c1-22(2)11-16-21-14(12-25-16)18(23)20-9-10-24-15-7-3-5-13-6-4-8-19-17(13)15/h3-8,12H,9-11H2,1-2H3,(H,20,23). The van der Waals surface area contributed by atoms with E-state index in [2.05, 4.69) is 15.3 Å². The Morgan fingerprint density at radius 1 is 1.28 bits per heavy atom. The molecular formula is C18H20N4O2S. The Balaban J connectivity index is 1.51. The zero-order valence-corrected chi connectivity index (χ0v) is 15.0. The lowest BCUT2D eigenvalue weighted by molar-refractivity contribution is 0.0942. The first kappa shape index (κ1) is 17.3. The molecule has 2 heterocycles. The zero-order valence-electron chi connectivity index (χ0n) is 14.2. The summed E-state index contributed by atoms with van der Waals surface area (Å²) in [4.78, 5) is 22.8. The molecule has 0 aliphatic carbocycles. The summed E-state index contributed by atoms with van der Waals surface area (Å²) in [5.74, 6) is 0.537. The number of fused-ring (bicyclic) bond motifs is 1. The fourth-order valence-electron chi connectivity index (χ4n) is 2.37. The van der Waals surface area contributed by atoms with Gasteiger partial charge in [-0.15, -0.1) is 11.3 Å². The number of rotatable bonds is 7. The first-order valence-corrected chi connectivity index (χ1v) is 8.85. The smallest absolute Gasteiger partial charge is 0.270 e. The molecule has 0 saturated heterocycles. The van der Waals surface area contributed by atoms with Crippen molar-refractivity contribution in [3.63, 3.8) is 0 Å². The Kier molecular flexibility index (Phi) is 5.57. The number of amides is 1. The second-order valence-electron chi connectivity index (χ2n) is 5.80. The van der Waals surface area contributed by atoms with E-state index in [0.29, 0.717) is 24.6 Å². The molecule has 0 bridgehead atoms. The van der Waals surface area contributed by atoms with Crippen molar-refractivity contribution in [3.05, 3.63) is 52.6 Å². The van der Waals surface area contributed by atoms with Crippen LogP contribution >= 0.6 is 11.3 Å². The minimum Gasteiger partial charge on any atom is -0.489 e. The molecule has 0 atom stereocenters. The highest BCUT2D eigenvalue weighted by molar-refractivity contribution is 7.09. The average Bonchev–Trinajstić information content (AvgIpc) is 3.06. The fourth-order valence-corrected chi connectivity index (χ4v) is 3.26. The third-order valence-electron chi connectivity index (χ3n) is 3.48. The molecule has 25 heavy (non-hydrogen) atoms. The van der Waals surface area contributed by atoms with E-state index in [1.807, 2.05) is 49.3 Å². The van der Waals surface area contributed by atoms with Gasteiger partial charge in [0.25, 0.3) is 5.91 Å². The second-order valence-corrected chi connectivity index (χ2v) is 6.74. The summed E-state index contributed by atoms with van der Waals surface area (Å²) in [6, 6.07) is 9.68. The van der Waals surface area contributed by atoms with Gasteiger partial charge in [-0.3, -0.25) is 9.78 Å². The molecule has 0 unspecified atom stereocenters. The number of aromatic nitrogens is 2. The van der Waals surface area contributed by atoms with Crippen LogP contribution in [-0.2, 0) is 6.54 Å². The van der Waals surface area contributed by atoms with E-state index in [9.17, 15) is 4.79 Å². The van der Waals surface area contributed by atoms with Gasteiger partial charge in [0.15, 0.2) is 0 Å². The van der Waals surface area contributed by atoms with E-state index in [0.717, 1.165) is 22.5 Å². The number of carbonyl (C=O) groups excluding carboxylic acids is 1. The Bertz CT molecular complexity index is 858. The number of nitrogens with one attached hydrogen (secondary N) is 1. The van der Waals surface area contributed by atoms with Gasteiger partial charge in [-0.1, -0.05) is 18.2 Å². The Labute approximate surface area is 150 Å². The van der Waals surface area contributed by atoms with Crippen LogP contribution in [0.4, 0.5) is 0 Å². The third-order valence-corrected chi connectivity index (χ3v) is 4.31. The predicted octanol–water partition coefficient (Wildman–Crippen LogP) is 2.56. The van der Waals surface area contributed by atoms with Crippen LogP contribution in [0, 0.1) is 0 Å².